The fraction of sp³-hybridized carbons (Fsp3) is 0.350. The number of benzene rings is 2. The van der Waals surface area contributed by atoms with Gasteiger partial charge in [-0.25, -0.2) is 4.39 Å². The van der Waals surface area contributed by atoms with Crippen molar-refractivity contribution in [3.63, 3.8) is 0 Å². The van der Waals surface area contributed by atoms with E-state index < -0.39 is 11.7 Å². The lowest BCUT2D eigenvalue weighted by molar-refractivity contribution is 0.0684. The molecular weight excluding hydrogens is 387 g/mol. The first kappa shape index (κ1) is 22.1. The van der Waals surface area contributed by atoms with Gasteiger partial charge in [-0.05, 0) is 48.9 Å². The van der Waals surface area contributed by atoms with Crippen LogP contribution in [0, 0.1) is 5.82 Å². The highest BCUT2D eigenvalue weighted by Crippen LogP contribution is 2.24. The van der Waals surface area contributed by atoms with Gasteiger partial charge in [0.1, 0.15) is 23.4 Å². The Labute approximate surface area is 169 Å². The van der Waals surface area contributed by atoms with Gasteiger partial charge in [-0.15, -0.1) is 12.4 Å². The minimum Gasteiger partial charge on any atom is -0.457 e. The Balaban J connectivity index is 0.00000280. The molecule has 3 rings (SSSR count). The number of hydrogen-bond donors (Lipinski definition) is 2. The van der Waals surface area contributed by atoms with E-state index in [9.17, 15) is 9.18 Å². The van der Waals surface area contributed by atoms with Crippen molar-refractivity contribution in [3.05, 3.63) is 59.4 Å². The molecular formula is C20H24ClFN2O4. The summed E-state index contributed by atoms with van der Waals surface area (Å²) < 4.78 is 30.4. The van der Waals surface area contributed by atoms with Gasteiger partial charge in [-0.3, -0.25) is 4.79 Å². The van der Waals surface area contributed by atoms with Crippen LogP contribution in [0.3, 0.4) is 0 Å². The SMILES string of the molecule is CO[C@@H]1COC[C@@H]1NC(=O)c1cc(Oc2ccc(CCN)cc2)ccc1F.Cl. The third-order valence-corrected chi connectivity index (χ3v) is 4.42. The quantitative estimate of drug-likeness (QED) is 0.733. The maximum absolute atomic E-state index is 14.2. The highest BCUT2D eigenvalue weighted by Gasteiger charge is 2.30. The molecule has 0 bridgehead atoms. The molecule has 1 aliphatic rings. The third kappa shape index (κ3) is 5.42. The third-order valence-electron chi connectivity index (χ3n) is 4.42. The molecule has 1 aliphatic heterocycles. The van der Waals surface area contributed by atoms with Gasteiger partial charge in [-0.1, -0.05) is 12.1 Å². The molecule has 0 unspecified atom stereocenters. The monoisotopic (exact) mass is 410 g/mol. The predicted molar refractivity (Wildman–Crippen MR) is 106 cm³/mol. The minimum absolute atomic E-state index is 0. The van der Waals surface area contributed by atoms with Gasteiger partial charge < -0.3 is 25.3 Å². The second-order valence-electron chi connectivity index (χ2n) is 6.32. The fourth-order valence-electron chi connectivity index (χ4n) is 2.92. The lowest BCUT2D eigenvalue weighted by Crippen LogP contribution is -2.43. The Bertz CT molecular complexity index is 788. The Morgan fingerprint density at radius 2 is 1.93 bits per heavy atom. The second-order valence-corrected chi connectivity index (χ2v) is 6.32. The molecule has 0 saturated carbocycles. The van der Waals surface area contributed by atoms with Crippen LogP contribution >= 0.6 is 12.4 Å². The summed E-state index contributed by atoms with van der Waals surface area (Å²) in [6.45, 7) is 1.30. The van der Waals surface area contributed by atoms with Crippen molar-refractivity contribution in [2.24, 2.45) is 5.73 Å². The molecule has 152 valence electrons. The highest BCUT2D eigenvalue weighted by molar-refractivity contribution is 5.95. The summed E-state index contributed by atoms with van der Waals surface area (Å²) in [5.74, 6) is -0.184. The number of halogens is 2. The van der Waals surface area contributed by atoms with Gasteiger partial charge in [-0.2, -0.15) is 0 Å². The predicted octanol–water partition coefficient (Wildman–Crippen LogP) is 2.68. The lowest BCUT2D eigenvalue weighted by Gasteiger charge is -2.18. The van der Waals surface area contributed by atoms with E-state index in [4.69, 9.17) is 19.9 Å². The Kier molecular flexibility index (Phi) is 8.19. The summed E-state index contributed by atoms with van der Waals surface area (Å²) in [5.41, 5.74) is 6.55. The Morgan fingerprint density at radius 3 is 2.61 bits per heavy atom. The lowest BCUT2D eigenvalue weighted by atomic mass is 10.1. The van der Waals surface area contributed by atoms with Crippen LogP contribution < -0.4 is 15.8 Å². The van der Waals surface area contributed by atoms with Crippen LogP contribution in [-0.2, 0) is 15.9 Å². The maximum Gasteiger partial charge on any atom is 0.254 e. The number of hydrogen-bond acceptors (Lipinski definition) is 5. The van der Waals surface area contributed by atoms with E-state index in [0.717, 1.165) is 12.0 Å². The van der Waals surface area contributed by atoms with Gasteiger partial charge in [0.05, 0.1) is 24.8 Å². The average molecular weight is 411 g/mol. The molecule has 6 nitrogen and oxygen atoms in total. The molecule has 1 amide bonds. The van der Waals surface area contributed by atoms with E-state index >= 15 is 0 Å². The second kappa shape index (κ2) is 10.4. The molecule has 0 spiro atoms. The zero-order chi connectivity index (χ0) is 19.2. The minimum atomic E-state index is -0.619. The number of ether oxygens (including phenoxy) is 3. The van der Waals surface area contributed by atoms with E-state index in [0.29, 0.717) is 31.3 Å². The van der Waals surface area contributed by atoms with Crippen molar-refractivity contribution in [2.75, 3.05) is 26.9 Å². The first-order chi connectivity index (χ1) is 13.1. The number of nitrogens with one attached hydrogen (secondary N) is 1. The van der Waals surface area contributed by atoms with Gasteiger partial charge in [0.2, 0.25) is 0 Å². The molecule has 8 heteroatoms. The summed E-state index contributed by atoms with van der Waals surface area (Å²) in [4.78, 5) is 12.5. The van der Waals surface area contributed by atoms with Crippen LogP contribution in [0.1, 0.15) is 15.9 Å². The van der Waals surface area contributed by atoms with Crippen LogP contribution in [-0.4, -0.2) is 44.9 Å². The van der Waals surface area contributed by atoms with E-state index in [1.54, 1.807) is 7.11 Å². The number of rotatable bonds is 7. The van der Waals surface area contributed by atoms with Crippen LogP contribution in [0.2, 0.25) is 0 Å². The van der Waals surface area contributed by atoms with E-state index in [1.165, 1.54) is 18.2 Å². The van der Waals surface area contributed by atoms with Gasteiger partial charge in [0.25, 0.3) is 5.91 Å². The fourth-order valence-corrected chi connectivity index (χ4v) is 2.92. The van der Waals surface area contributed by atoms with Crippen molar-refractivity contribution in [2.45, 2.75) is 18.6 Å². The number of amides is 1. The van der Waals surface area contributed by atoms with Crippen molar-refractivity contribution in [1.82, 2.24) is 5.32 Å². The highest BCUT2D eigenvalue weighted by atomic mass is 35.5. The topological polar surface area (TPSA) is 82.8 Å². The van der Waals surface area contributed by atoms with Crippen molar-refractivity contribution in [3.8, 4) is 11.5 Å². The molecule has 2 aromatic rings. The van der Waals surface area contributed by atoms with E-state index in [1.807, 2.05) is 24.3 Å². The number of carbonyl (C=O) groups excluding carboxylic acids is 1. The summed E-state index contributed by atoms with van der Waals surface area (Å²) in [7, 11) is 1.55. The van der Waals surface area contributed by atoms with Crippen LogP contribution in [0.15, 0.2) is 42.5 Å². The van der Waals surface area contributed by atoms with E-state index in [2.05, 4.69) is 5.32 Å². The van der Waals surface area contributed by atoms with Gasteiger partial charge in [0.15, 0.2) is 0 Å². The molecule has 2 atom stereocenters. The Hall–Kier alpha value is -2.19. The van der Waals surface area contributed by atoms with Gasteiger partial charge >= 0.3 is 0 Å². The summed E-state index contributed by atoms with van der Waals surface area (Å²) in [5, 5.41) is 2.75. The standard InChI is InChI=1S/C20H23FN2O4.ClH/c1-25-19-12-26-11-18(19)23-20(24)16-10-15(6-7-17(16)21)27-14-4-2-13(3-5-14)8-9-22;/h2-7,10,18-19H,8-9,11-12,22H2,1H3,(H,23,24);1H/t18-,19+;/m0./s1. The smallest absolute Gasteiger partial charge is 0.254 e. The summed E-state index contributed by atoms with van der Waals surface area (Å²) >= 11 is 0. The zero-order valence-electron chi connectivity index (χ0n) is 15.5. The number of carbonyl (C=O) groups is 1. The molecule has 2 aromatic carbocycles. The first-order valence-corrected chi connectivity index (χ1v) is 8.78. The summed E-state index contributed by atoms with van der Waals surface area (Å²) in [6.07, 6.45) is 0.539. The molecule has 1 saturated heterocycles. The average Bonchev–Trinajstić information content (AvgIpc) is 3.12. The van der Waals surface area contributed by atoms with E-state index in [-0.39, 0.29) is 30.1 Å². The largest absolute Gasteiger partial charge is 0.457 e. The molecule has 0 radical (unpaired) electrons. The molecule has 1 heterocycles. The summed E-state index contributed by atoms with van der Waals surface area (Å²) in [6, 6.07) is 11.2. The first-order valence-electron chi connectivity index (χ1n) is 8.78. The molecule has 28 heavy (non-hydrogen) atoms. The maximum atomic E-state index is 14.2. The van der Waals surface area contributed by atoms with Crippen LogP contribution in [0.5, 0.6) is 11.5 Å². The van der Waals surface area contributed by atoms with Crippen molar-refractivity contribution in [1.29, 1.82) is 0 Å². The van der Waals surface area contributed by atoms with Crippen molar-refractivity contribution < 1.29 is 23.4 Å². The van der Waals surface area contributed by atoms with Crippen molar-refractivity contribution >= 4 is 18.3 Å². The van der Waals surface area contributed by atoms with Crippen LogP contribution in [0.4, 0.5) is 4.39 Å². The number of methoxy groups -OCH3 is 1. The number of nitrogens with two attached hydrogens (primary N) is 1. The molecule has 0 aliphatic carbocycles. The van der Waals surface area contributed by atoms with Gasteiger partial charge in [0, 0.05) is 7.11 Å². The normalized spacial score (nSPS) is 18.4. The Morgan fingerprint density at radius 1 is 1.21 bits per heavy atom. The molecule has 0 aromatic heterocycles. The molecule has 3 N–H and O–H groups in total. The molecule has 1 fully saturated rings. The van der Waals surface area contributed by atoms with Crippen LogP contribution in [0.25, 0.3) is 0 Å². The zero-order valence-corrected chi connectivity index (χ0v) is 16.3.